The van der Waals surface area contributed by atoms with E-state index < -0.39 is 34.4 Å². The number of alkyl carbamates (subject to hydrolysis) is 1. The number of likely N-dealkylation sites (N-methyl/N-ethyl adjacent to an activating group) is 1. The molecule has 0 unspecified atom stereocenters. The summed E-state index contributed by atoms with van der Waals surface area (Å²) >= 11 is 1.49. The average molecular weight is 688 g/mol. The molecule has 14 heteroatoms. The van der Waals surface area contributed by atoms with Crippen LogP contribution in [-0.2, 0) is 30.7 Å². The number of aliphatic hydroxyl groups is 1. The molecule has 0 aliphatic carbocycles. The molecule has 5 atom stereocenters. The van der Waals surface area contributed by atoms with E-state index in [1.807, 2.05) is 44.2 Å². The molecule has 1 aromatic heterocycles. The average Bonchev–Trinajstić information content (AvgIpc) is 3.78. The van der Waals surface area contributed by atoms with Gasteiger partial charge >= 0.3 is 6.09 Å². The quantitative estimate of drug-likeness (QED) is 0.293. The molecule has 47 heavy (non-hydrogen) atoms. The predicted octanol–water partition coefficient (Wildman–Crippen LogP) is 3.15. The van der Waals surface area contributed by atoms with Crippen molar-refractivity contribution in [1.29, 1.82) is 0 Å². The van der Waals surface area contributed by atoms with E-state index in [-0.39, 0.29) is 49.1 Å². The summed E-state index contributed by atoms with van der Waals surface area (Å²) in [5.74, 6) is -0.0409. The molecule has 256 valence electrons. The van der Waals surface area contributed by atoms with Gasteiger partial charge in [-0.15, -0.1) is 0 Å². The Bertz CT molecular complexity index is 1610. The Hall–Kier alpha value is -2.85. The van der Waals surface area contributed by atoms with Crippen LogP contribution in [0.2, 0.25) is 0 Å². The van der Waals surface area contributed by atoms with Gasteiger partial charge in [0, 0.05) is 39.3 Å². The summed E-state index contributed by atoms with van der Waals surface area (Å²) in [6.45, 7) is 8.29. The maximum Gasteiger partial charge on any atom is 0.407 e. The normalized spacial score (nSPS) is 23.4. The maximum atomic E-state index is 14.2. The summed E-state index contributed by atoms with van der Waals surface area (Å²) in [7, 11) is -1.91. The number of thiazole rings is 1. The number of sulfonamides is 1. The molecule has 4 heterocycles. The second-order valence-electron chi connectivity index (χ2n) is 13.1. The highest BCUT2D eigenvalue weighted by Crippen LogP contribution is 2.34. The van der Waals surface area contributed by atoms with Gasteiger partial charge in [-0.1, -0.05) is 55.5 Å². The van der Waals surface area contributed by atoms with Gasteiger partial charge in [0.05, 0.1) is 46.4 Å². The summed E-state index contributed by atoms with van der Waals surface area (Å²) in [5, 5.41) is 15.4. The number of aromatic nitrogens is 1. The fraction of sp³-hybridized carbons (Fsp3) is 0.576. The van der Waals surface area contributed by atoms with E-state index in [0.29, 0.717) is 6.61 Å². The third kappa shape index (κ3) is 8.07. The summed E-state index contributed by atoms with van der Waals surface area (Å²) in [6.07, 6.45) is -1.70. The number of carbonyl (C=O) groups excluding carboxylic acids is 1. The molecule has 2 aromatic carbocycles. The highest BCUT2D eigenvalue weighted by Gasteiger charge is 2.44. The summed E-state index contributed by atoms with van der Waals surface area (Å²) in [4.78, 5) is 22.6. The number of hydrogen-bond donors (Lipinski definition) is 2. The van der Waals surface area contributed by atoms with Crippen LogP contribution in [-0.4, -0.2) is 118 Å². The van der Waals surface area contributed by atoms with Crippen molar-refractivity contribution >= 4 is 42.8 Å². The van der Waals surface area contributed by atoms with Crippen LogP contribution < -0.4 is 10.2 Å². The SMILES string of the molecule is CC(C)CN(C[C@@H](O)[C@H](Cc1ccccc1)NC(=O)O[C@H]1CO[C@H]2OCC[C@H]21)S(=O)(=O)c1ccc2nc(N3CCN(C)CC3)sc2c1. The molecule has 0 bridgehead atoms. The lowest BCUT2D eigenvalue weighted by atomic mass is 10.0. The van der Waals surface area contributed by atoms with E-state index in [1.165, 1.54) is 15.6 Å². The van der Waals surface area contributed by atoms with E-state index in [9.17, 15) is 18.3 Å². The van der Waals surface area contributed by atoms with Crippen molar-refractivity contribution in [2.24, 2.45) is 11.8 Å². The van der Waals surface area contributed by atoms with Crippen LogP contribution in [0.1, 0.15) is 25.8 Å². The number of anilines is 1. The van der Waals surface area contributed by atoms with Crippen LogP contribution >= 0.6 is 11.3 Å². The van der Waals surface area contributed by atoms with E-state index in [0.717, 1.165) is 53.5 Å². The van der Waals surface area contributed by atoms with Crippen LogP contribution in [0, 0.1) is 11.8 Å². The molecule has 3 fully saturated rings. The lowest BCUT2D eigenvalue weighted by molar-refractivity contribution is -0.0907. The highest BCUT2D eigenvalue weighted by atomic mass is 32.2. The molecular formula is C33H45N5O7S2. The number of ether oxygens (including phenoxy) is 3. The van der Waals surface area contributed by atoms with Crippen molar-refractivity contribution in [2.75, 3.05) is 64.4 Å². The fourth-order valence-corrected chi connectivity index (χ4v) is 9.15. The Labute approximate surface area is 280 Å². The van der Waals surface area contributed by atoms with E-state index in [4.69, 9.17) is 19.2 Å². The lowest BCUT2D eigenvalue weighted by Crippen LogP contribution is -2.51. The van der Waals surface area contributed by atoms with Crippen LogP contribution in [0.3, 0.4) is 0 Å². The van der Waals surface area contributed by atoms with Gasteiger partial charge in [0.15, 0.2) is 11.4 Å². The molecule has 3 aliphatic rings. The fourth-order valence-electron chi connectivity index (χ4n) is 6.37. The number of piperazine rings is 1. The molecule has 3 aliphatic heterocycles. The van der Waals surface area contributed by atoms with Crippen molar-refractivity contribution in [1.82, 2.24) is 19.5 Å². The number of aliphatic hydroxyl groups excluding tert-OH is 1. The Morgan fingerprint density at radius 3 is 2.64 bits per heavy atom. The van der Waals surface area contributed by atoms with Crippen molar-refractivity contribution < 1.29 is 32.5 Å². The summed E-state index contributed by atoms with van der Waals surface area (Å²) < 4.78 is 47.4. The largest absolute Gasteiger partial charge is 0.443 e. The molecule has 3 saturated heterocycles. The molecular weight excluding hydrogens is 643 g/mol. The Morgan fingerprint density at radius 2 is 1.89 bits per heavy atom. The number of amides is 1. The number of fused-ring (bicyclic) bond motifs is 2. The molecule has 12 nitrogen and oxygen atoms in total. The Morgan fingerprint density at radius 1 is 1.13 bits per heavy atom. The van der Waals surface area contributed by atoms with E-state index >= 15 is 0 Å². The first-order chi connectivity index (χ1) is 22.6. The number of rotatable bonds is 12. The molecule has 3 aromatic rings. The van der Waals surface area contributed by atoms with E-state index in [1.54, 1.807) is 18.2 Å². The monoisotopic (exact) mass is 687 g/mol. The summed E-state index contributed by atoms with van der Waals surface area (Å²) in [5.41, 5.74) is 1.64. The van der Waals surface area contributed by atoms with Gasteiger partial charge in [-0.25, -0.2) is 18.2 Å². The Balaban J connectivity index is 1.20. The zero-order valence-corrected chi connectivity index (χ0v) is 28.8. The standard InChI is InChI=1S/C33H45N5O7S2/c1-22(2)19-38(47(41,42)24-9-10-26-30(18-24)46-32(34-26)37-14-12-36(3)13-15-37)20-28(39)27(17-23-7-5-4-6-8-23)35-33(40)45-29-21-44-31-25(29)11-16-43-31/h4-10,18,22,25,27-29,31,39H,11-17,19-21H2,1-3H3,(H,35,40)/t25-,27-,28+,29-,31+/m0/s1. The van der Waals surface area contributed by atoms with Crippen molar-refractivity contribution in [3.63, 3.8) is 0 Å². The molecule has 0 spiro atoms. The van der Waals surface area contributed by atoms with Gasteiger partial charge in [-0.2, -0.15) is 4.31 Å². The zero-order valence-electron chi connectivity index (χ0n) is 27.2. The molecule has 2 N–H and O–H groups in total. The number of nitrogens with one attached hydrogen (secondary N) is 1. The topological polar surface area (TPSA) is 134 Å². The minimum atomic E-state index is -4.01. The van der Waals surface area contributed by atoms with Crippen LogP contribution in [0.4, 0.5) is 9.93 Å². The minimum Gasteiger partial charge on any atom is -0.443 e. The molecule has 0 radical (unpaired) electrons. The number of hydrogen-bond acceptors (Lipinski definition) is 11. The van der Waals surface area contributed by atoms with Crippen LogP contribution in [0.5, 0.6) is 0 Å². The second-order valence-corrected chi connectivity index (χ2v) is 16.1. The first-order valence-electron chi connectivity index (χ1n) is 16.3. The van der Waals surface area contributed by atoms with Crippen molar-refractivity contribution in [3.8, 4) is 0 Å². The second kappa shape index (κ2) is 14.7. The number of nitrogens with zero attached hydrogens (tertiary/aromatic N) is 4. The van der Waals surface area contributed by atoms with Crippen LogP contribution in [0.25, 0.3) is 10.2 Å². The minimum absolute atomic E-state index is 0.0117. The summed E-state index contributed by atoms with van der Waals surface area (Å²) in [6, 6.07) is 13.7. The predicted molar refractivity (Wildman–Crippen MR) is 180 cm³/mol. The first-order valence-corrected chi connectivity index (χ1v) is 18.6. The van der Waals surface area contributed by atoms with Gasteiger partial charge in [0.25, 0.3) is 0 Å². The Kier molecular flexibility index (Phi) is 10.7. The molecule has 0 saturated carbocycles. The third-order valence-electron chi connectivity index (χ3n) is 9.03. The van der Waals surface area contributed by atoms with Crippen molar-refractivity contribution in [3.05, 3.63) is 54.1 Å². The number of benzene rings is 2. The van der Waals surface area contributed by atoms with Gasteiger partial charge < -0.3 is 34.4 Å². The van der Waals surface area contributed by atoms with E-state index in [2.05, 4.69) is 22.2 Å². The maximum absolute atomic E-state index is 14.2. The molecule has 6 rings (SSSR count). The third-order valence-corrected chi connectivity index (χ3v) is 11.9. The molecule has 1 amide bonds. The number of carbonyl (C=O) groups is 1. The lowest BCUT2D eigenvalue weighted by Gasteiger charge is -2.32. The van der Waals surface area contributed by atoms with Crippen LogP contribution in [0.15, 0.2) is 53.4 Å². The van der Waals surface area contributed by atoms with Gasteiger partial charge in [-0.3, -0.25) is 0 Å². The van der Waals surface area contributed by atoms with Gasteiger partial charge in [-0.05, 0) is 49.6 Å². The highest BCUT2D eigenvalue weighted by molar-refractivity contribution is 7.89. The first kappa shape index (κ1) is 34.0. The van der Waals surface area contributed by atoms with Gasteiger partial charge in [0.2, 0.25) is 10.0 Å². The smallest absolute Gasteiger partial charge is 0.407 e. The van der Waals surface area contributed by atoms with Gasteiger partial charge in [0.1, 0.15) is 6.10 Å². The van der Waals surface area contributed by atoms with Crippen molar-refractivity contribution in [2.45, 2.75) is 56.1 Å². The zero-order chi connectivity index (χ0) is 33.1.